The Hall–Kier alpha value is -1.59. The van der Waals surface area contributed by atoms with Crippen molar-refractivity contribution in [2.24, 2.45) is 11.0 Å². The van der Waals surface area contributed by atoms with Gasteiger partial charge >= 0.3 is 0 Å². The Bertz CT molecular complexity index is 246. The molecule has 0 aliphatic rings. The molecular weight excluding hydrogens is 186 g/mol. The highest BCUT2D eigenvalue weighted by molar-refractivity contribution is 5.84. The lowest BCUT2D eigenvalue weighted by Crippen LogP contribution is -2.30. The van der Waals surface area contributed by atoms with E-state index in [-0.39, 0.29) is 24.5 Å². The van der Waals surface area contributed by atoms with Crippen molar-refractivity contribution >= 4 is 11.7 Å². The van der Waals surface area contributed by atoms with Gasteiger partial charge in [0.05, 0.1) is 0 Å². The smallest absolute Gasteiger partial charge is 0.234 e. The number of hydrogen-bond acceptors (Lipinski definition) is 4. The van der Waals surface area contributed by atoms with Gasteiger partial charge in [-0.05, 0) is 12.0 Å². The van der Waals surface area contributed by atoms with Crippen LogP contribution < -0.4 is 11.3 Å². The monoisotopic (exact) mass is 199 g/mol. The quantitative estimate of drug-likeness (QED) is 0.117. The zero-order valence-corrected chi connectivity index (χ0v) is 7.77. The molecular formula is C7H13N5O2. The van der Waals surface area contributed by atoms with Crippen molar-refractivity contribution in [3.8, 4) is 0 Å². The first-order valence-electron chi connectivity index (χ1n) is 4.22. The number of nitrogens with zero attached hydrogens (tertiary/aromatic N) is 3. The van der Waals surface area contributed by atoms with Gasteiger partial charge in [0, 0.05) is 30.7 Å². The fourth-order valence-electron chi connectivity index (χ4n) is 0.842. The second-order valence-electron chi connectivity index (χ2n) is 2.66. The van der Waals surface area contributed by atoms with Gasteiger partial charge in [0.15, 0.2) is 0 Å². The zero-order chi connectivity index (χ0) is 10.8. The number of carbonyl (C=O) groups excluding carboxylic acids is 2. The largest absolute Gasteiger partial charge is 0.300 e. The van der Waals surface area contributed by atoms with Gasteiger partial charge in [-0.3, -0.25) is 15.0 Å². The lowest BCUT2D eigenvalue weighted by Gasteiger charge is -1.98. The van der Waals surface area contributed by atoms with Gasteiger partial charge in [0.1, 0.15) is 5.78 Å². The number of azide groups is 1. The third kappa shape index (κ3) is 7.08. The van der Waals surface area contributed by atoms with E-state index in [1.165, 1.54) is 0 Å². The third-order valence-corrected chi connectivity index (χ3v) is 1.57. The van der Waals surface area contributed by atoms with Crippen molar-refractivity contribution in [3.63, 3.8) is 0 Å². The van der Waals surface area contributed by atoms with Crippen LogP contribution >= 0.6 is 0 Å². The Labute approximate surface area is 81.2 Å². The van der Waals surface area contributed by atoms with Gasteiger partial charge in [0.2, 0.25) is 5.91 Å². The van der Waals surface area contributed by atoms with E-state index in [2.05, 4.69) is 10.0 Å². The molecule has 14 heavy (non-hydrogen) atoms. The highest BCUT2D eigenvalue weighted by atomic mass is 16.2. The minimum absolute atomic E-state index is 0.0262. The first-order chi connectivity index (χ1) is 6.70. The first kappa shape index (κ1) is 12.4. The van der Waals surface area contributed by atoms with E-state index >= 15 is 0 Å². The van der Waals surface area contributed by atoms with Gasteiger partial charge in [-0.1, -0.05) is 5.11 Å². The number of nitrogens with two attached hydrogens (primary N) is 1. The van der Waals surface area contributed by atoms with Gasteiger partial charge in [-0.2, -0.15) is 0 Å². The molecule has 0 saturated heterocycles. The van der Waals surface area contributed by atoms with Crippen molar-refractivity contribution < 1.29 is 9.59 Å². The molecule has 0 aromatic carbocycles. The average molecular weight is 199 g/mol. The molecule has 0 unspecified atom stereocenters. The molecule has 0 aromatic heterocycles. The van der Waals surface area contributed by atoms with Crippen molar-refractivity contribution in [3.05, 3.63) is 10.4 Å². The van der Waals surface area contributed by atoms with Gasteiger partial charge in [-0.25, -0.2) is 5.84 Å². The topological polar surface area (TPSA) is 121 Å². The van der Waals surface area contributed by atoms with Gasteiger partial charge in [0.25, 0.3) is 0 Å². The number of hydrazine groups is 1. The maximum absolute atomic E-state index is 11.1. The van der Waals surface area contributed by atoms with Crippen LogP contribution in [0, 0.1) is 0 Å². The maximum atomic E-state index is 11.1. The second kappa shape index (κ2) is 8.03. The van der Waals surface area contributed by atoms with Crippen molar-refractivity contribution in [1.82, 2.24) is 5.43 Å². The molecule has 7 nitrogen and oxygen atoms in total. The van der Waals surface area contributed by atoms with Crippen molar-refractivity contribution in [1.29, 1.82) is 0 Å². The second-order valence-corrected chi connectivity index (χ2v) is 2.66. The number of rotatable bonds is 7. The summed E-state index contributed by atoms with van der Waals surface area (Å²) in [6, 6.07) is 0. The first-order valence-corrected chi connectivity index (χ1v) is 4.22. The molecule has 0 aromatic rings. The normalized spacial score (nSPS) is 8.93. The minimum Gasteiger partial charge on any atom is -0.300 e. The Morgan fingerprint density at radius 1 is 1.36 bits per heavy atom. The molecule has 0 fully saturated rings. The summed E-state index contributed by atoms with van der Waals surface area (Å²) < 4.78 is 0. The molecule has 0 atom stereocenters. The van der Waals surface area contributed by atoms with Crippen LogP contribution in [0.15, 0.2) is 5.11 Å². The van der Waals surface area contributed by atoms with Gasteiger partial charge < -0.3 is 0 Å². The Morgan fingerprint density at radius 3 is 2.64 bits per heavy atom. The van der Waals surface area contributed by atoms with Crippen LogP contribution in [0.2, 0.25) is 0 Å². The molecule has 0 aliphatic heterocycles. The predicted molar refractivity (Wildman–Crippen MR) is 49.8 cm³/mol. The van der Waals surface area contributed by atoms with Crippen LogP contribution in [0.1, 0.15) is 25.7 Å². The van der Waals surface area contributed by atoms with Gasteiger partial charge in [-0.15, -0.1) is 0 Å². The lowest BCUT2D eigenvalue weighted by atomic mass is 10.1. The summed E-state index contributed by atoms with van der Waals surface area (Å²) in [4.78, 5) is 24.3. The van der Waals surface area contributed by atoms with E-state index in [9.17, 15) is 9.59 Å². The van der Waals surface area contributed by atoms with E-state index in [1.54, 1.807) is 0 Å². The summed E-state index contributed by atoms with van der Waals surface area (Å²) in [7, 11) is 0. The number of hydrogen-bond donors (Lipinski definition) is 2. The Kier molecular flexibility index (Phi) is 7.12. The summed E-state index contributed by atoms with van der Waals surface area (Å²) in [6.07, 6.45) is 1.14. The molecule has 0 radical (unpaired) electrons. The summed E-state index contributed by atoms with van der Waals surface area (Å²) >= 11 is 0. The number of Topliss-reactive ketones (excluding diaryl/α,β-unsaturated/α-hetero) is 1. The number of amides is 1. The molecule has 78 valence electrons. The maximum Gasteiger partial charge on any atom is 0.234 e. The highest BCUT2D eigenvalue weighted by Gasteiger charge is 2.04. The zero-order valence-electron chi connectivity index (χ0n) is 7.77. The van der Waals surface area contributed by atoms with Crippen LogP contribution in [-0.4, -0.2) is 18.2 Å². The van der Waals surface area contributed by atoms with Crippen LogP contribution in [0.5, 0.6) is 0 Å². The lowest BCUT2D eigenvalue weighted by molar-refractivity contribution is -0.125. The summed E-state index contributed by atoms with van der Waals surface area (Å²) in [5.74, 6) is 4.45. The molecule has 0 heterocycles. The molecule has 0 spiro atoms. The molecule has 3 N–H and O–H groups in total. The fourth-order valence-corrected chi connectivity index (χ4v) is 0.842. The van der Waals surface area contributed by atoms with E-state index < -0.39 is 0 Å². The molecule has 1 amide bonds. The molecule has 0 aliphatic carbocycles. The summed E-state index contributed by atoms with van der Waals surface area (Å²) in [5.41, 5.74) is 9.89. The number of ketones is 1. The minimum atomic E-state index is -0.353. The van der Waals surface area contributed by atoms with Crippen LogP contribution in [0.25, 0.3) is 10.4 Å². The Morgan fingerprint density at radius 2 is 2.07 bits per heavy atom. The summed E-state index contributed by atoms with van der Waals surface area (Å²) in [6.45, 7) is 0.311. The third-order valence-electron chi connectivity index (χ3n) is 1.57. The molecule has 0 bridgehead atoms. The molecule has 0 saturated carbocycles. The number of carbonyl (C=O) groups is 2. The van der Waals surface area contributed by atoms with Crippen molar-refractivity contribution in [2.75, 3.05) is 6.54 Å². The summed E-state index contributed by atoms with van der Waals surface area (Å²) in [5, 5.41) is 3.28. The van der Waals surface area contributed by atoms with E-state index in [4.69, 9.17) is 11.4 Å². The molecule has 7 heteroatoms. The standard InChI is InChI=1S/C7H13N5O2/c8-11-7(14)4-3-6(13)2-1-5-10-12-9/h1-5,8H2,(H,11,14). The highest BCUT2D eigenvalue weighted by Crippen LogP contribution is 1.98. The van der Waals surface area contributed by atoms with E-state index in [0.29, 0.717) is 19.4 Å². The van der Waals surface area contributed by atoms with E-state index in [0.717, 1.165) is 0 Å². The van der Waals surface area contributed by atoms with Crippen LogP contribution in [0.3, 0.4) is 0 Å². The average Bonchev–Trinajstić information content (AvgIpc) is 2.21. The van der Waals surface area contributed by atoms with Crippen LogP contribution in [-0.2, 0) is 9.59 Å². The molecule has 0 rings (SSSR count). The van der Waals surface area contributed by atoms with Crippen LogP contribution in [0.4, 0.5) is 0 Å². The van der Waals surface area contributed by atoms with E-state index in [1.807, 2.05) is 5.43 Å². The number of nitrogens with one attached hydrogen (secondary N) is 1. The Balaban J connectivity index is 3.46. The van der Waals surface area contributed by atoms with Crippen molar-refractivity contribution in [2.45, 2.75) is 25.7 Å². The predicted octanol–water partition coefficient (Wildman–Crippen LogP) is 0.416. The SMILES string of the molecule is [N-]=[N+]=NCCCC(=O)CCC(=O)NN. The fraction of sp³-hybridized carbons (Fsp3) is 0.714.